The molecule has 218 valence electrons. The number of nitrogens with zero attached hydrogens (tertiary/aromatic N) is 1. The van der Waals surface area contributed by atoms with Crippen molar-refractivity contribution in [2.75, 3.05) is 5.32 Å². The van der Waals surface area contributed by atoms with Gasteiger partial charge in [0.15, 0.2) is 0 Å². The third kappa shape index (κ3) is 8.64. The fourth-order valence-corrected chi connectivity index (χ4v) is 6.93. The molecule has 1 aliphatic heterocycles. The number of hydrogen-bond acceptors (Lipinski definition) is 8. The van der Waals surface area contributed by atoms with Crippen molar-refractivity contribution in [1.82, 2.24) is 0 Å². The Morgan fingerprint density at radius 3 is 1.71 bits per heavy atom. The van der Waals surface area contributed by atoms with Gasteiger partial charge in [-0.2, -0.15) is 5.26 Å². The van der Waals surface area contributed by atoms with Crippen molar-refractivity contribution >= 4 is 47.1 Å². The molecule has 0 spiro atoms. The highest BCUT2D eigenvalue weighted by Gasteiger charge is 2.33. The molecule has 0 aromatic heterocycles. The number of para-hydroxylation sites is 1. The molecule has 2 unspecified atom stereocenters. The smallest absolute Gasteiger partial charge is 0.314 e. The predicted octanol–water partition coefficient (Wildman–Crippen LogP) is 8.50. The number of unbranched alkanes of at least 4 members (excludes halogenated alkanes) is 2. The maximum absolute atomic E-state index is 13.1. The molecule has 0 aliphatic carbocycles. The second-order valence-corrected chi connectivity index (χ2v) is 12.2. The summed E-state index contributed by atoms with van der Waals surface area (Å²) >= 11 is 2.35. The molecule has 0 bridgehead atoms. The first-order valence-electron chi connectivity index (χ1n) is 14.3. The van der Waals surface area contributed by atoms with Crippen LogP contribution in [0.2, 0.25) is 0 Å². The number of fused-ring (bicyclic) bond motifs is 1. The van der Waals surface area contributed by atoms with Crippen LogP contribution in [0, 0.1) is 23.2 Å². The number of nitrogens with one attached hydrogen (secondary N) is 1. The van der Waals surface area contributed by atoms with Gasteiger partial charge in [0.1, 0.15) is 23.1 Å². The Labute approximate surface area is 251 Å². The quantitative estimate of drug-likeness (QED) is 0.100. The van der Waals surface area contributed by atoms with E-state index in [4.69, 9.17) is 9.47 Å². The molecule has 41 heavy (non-hydrogen) atoms. The minimum atomic E-state index is -0.546. The average Bonchev–Trinajstić information content (AvgIpc) is 3.42. The Hall–Kier alpha value is -3.22. The van der Waals surface area contributed by atoms with Gasteiger partial charge in [0.25, 0.3) is 5.91 Å². The van der Waals surface area contributed by atoms with Gasteiger partial charge < -0.3 is 14.8 Å². The molecule has 7 nitrogen and oxygen atoms in total. The van der Waals surface area contributed by atoms with Crippen LogP contribution in [-0.2, 0) is 14.4 Å². The summed E-state index contributed by atoms with van der Waals surface area (Å²) in [6, 6.07) is 14.2. The topological polar surface area (TPSA) is 105 Å². The van der Waals surface area contributed by atoms with E-state index in [1.165, 1.54) is 23.5 Å². The number of anilines is 1. The molecular formula is C32H38N2O5S2. The lowest BCUT2D eigenvalue weighted by Gasteiger charge is -2.17. The summed E-state index contributed by atoms with van der Waals surface area (Å²) in [5.41, 5.74) is 0.495. The molecule has 1 N–H and O–H groups in total. The number of amides is 1. The highest BCUT2D eigenvalue weighted by atomic mass is 32.2. The van der Waals surface area contributed by atoms with Crippen LogP contribution < -0.4 is 14.8 Å². The number of benzene rings is 2. The Bertz CT molecular complexity index is 1240. The van der Waals surface area contributed by atoms with E-state index in [0.29, 0.717) is 44.1 Å². The van der Waals surface area contributed by atoms with E-state index >= 15 is 0 Å². The first-order chi connectivity index (χ1) is 19.9. The predicted molar refractivity (Wildman–Crippen MR) is 164 cm³/mol. The first-order valence-corrected chi connectivity index (χ1v) is 16.0. The Balaban J connectivity index is 1.96. The molecule has 1 heterocycles. The molecule has 3 rings (SSSR count). The summed E-state index contributed by atoms with van der Waals surface area (Å²) in [6.07, 6.45) is 6.64. The van der Waals surface area contributed by atoms with Crippen LogP contribution in [0.5, 0.6) is 11.5 Å². The molecule has 0 saturated heterocycles. The highest BCUT2D eigenvalue weighted by molar-refractivity contribution is 8.24. The average molecular weight is 595 g/mol. The molecule has 2 atom stereocenters. The maximum atomic E-state index is 13.1. The normalized spacial score (nSPS) is 13.5. The number of hydrogen-bond donors (Lipinski definition) is 1. The fraction of sp³-hybridized carbons (Fsp3) is 0.438. The molecule has 1 amide bonds. The van der Waals surface area contributed by atoms with Gasteiger partial charge in [0, 0.05) is 5.69 Å². The van der Waals surface area contributed by atoms with Gasteiger partial charge in [-0.25, -0.2) is 0 Å². The van der Waals surface area contributed by atoms with Gasteiger partial charge in [-0.15, -0.1) is 0 Å². The number of carbonyl (C=O) groups is 3. The van der Waals surface area contributed by atoms with Crippen molar-refractivity contribution in [3.05, 3.63) is 52.3 Å². The lowest BCUT2D eigenvalue weighted by molar-refractivity contribution is -0.140. The molecule has 2 aromatic rings. The summed E-state index contributed by atoms with van der Waals surface area (Å²) in [5, 5.41) is 12.7. The van der Waals surface area contributed by atoms with Crippen LogP contribution in [0.25, 0.3) is 0 Å². The van der Waals surface area contributed by atoms with Crippen molar-refractivity contribution in [2.45, 2.75) is 88.9 Å². The Morgan fingerprint density at radius 2 is 1.29 bits per heavy atom. The maximum Gasteiger partial charge on any atom is 0.314 e. The van der Waals surface area contributed by atoms with Crippen molar-refractivity contribution in [3.8, 4) is 17.6 Å². The third-order valence-corrected chi connectivity index (χ3v) is 9.52. The minimum Gasteiger partial charge on any atom is -0.425 e. The SMILES string of the molecule is CCCCC(CC)C(=O)Oc1ccc(OC(=O)C(CC)CCCC)c2c1SC(=C(C#N)C(=O)Nc1ccccc1)S2. The van der Waals surface area contributed by atoms with Crippen LogP contribution in [0.4, 0.5) is 5.69 Å². The Kier molecular flexibility index (Phi) is 12.8. The number of thioether (sulfide) groups is 2. The highest BCUT2D eigenvalue weighted by Crippen LogP contribution is 2.59. The van der Waals surface area contributed by atoms with Crippen LogP contribution in [-0.4, -0.2) is 17.8 Å². The number of ether oxygens (including phenoxy) is 2. The van der Waals surface area contributed by atoms with Gasteiger partial charge in [0.05, 0.1) is 25.9 Å². The lowest BCUT2D eigenvalue weighted by Crippen LogP contribution is -2.21. The summed E-state index contributed by atoms with van der Waals surface area (Å²) in [7, 11) is 0. The zero-order chi connectivity index (χ0) is 29.8. The fourth-order valence-electron chi connectivity index (χ4n) is 4.35. The summed E-state index contributed by atoms with van der Waals surface area (Å²) in [5.74, 6) is -0.987. The second kappa shape index (κ2) is 16.3. The molecule has 0 radical (unpaired) electrons. The van der Waals surface area contributed by atoms with Gasteiger partial charge >= 0.3 is 11.9 Å². The lowest BCUT2D eigenvalue weighted by atomic mass is 10.00. The van der Waals surface area contributed by atoms with E-state index in [-0.39, 0.29) is 29.3 Å². The molecule has 1 aliphatic rings. The molecule has 2 aromatic carbocycles. The number of carbonyl (C=O) groups excluding carboxylic acids is 3. The molecular weight excluding hydrogens is 556 g/mol. The number of rotatable bonds is 14. The van der Waals surface area contributed by atoms with Gasteiger partial charge in [-0.1, -0.05) is 95.1 Å². The van der Waals surface area contributed by atoms with E-state index in [2.05, 4.69) is 19.2 Å². The minimum absolute atomic E-state index is 0.0710. The second-order valence-electron chi connectivity index (χ2n) is 9.86. The molecule has 0 fully saturated rings. The molecule has 0 saturated carbocycles. The summed E-state index contributed by atoms with van der Waals surface area (Å²) in [6.45, 7) is 8.10. The van der Waals surface area contributed by atoms with E-state index in [1.807, 2.05) is 26.0 Å². The van der Waals surface area contributed by atoms with Crippen LogP contribution in [0.15, 0.2) is 62.1 Å². The van der Waals surface area contributed by atoms with Crippen LogP contribution in [0.1, 0.15) is 79.1 Å². The number of nitriles is 1. The van der Waals surface area contributed by atoms with Gasteiger partial charge in [0.2, 0.25) is 0 Å². The van der Waals surface area contributed by atoms with Crippen molar-refractivity contribution in [1.29, 1.82) is 5.26 Å². The summed E-state index contributed by atoms with van der Waals surface area (Å²) in [4.78, 5) is 40.3. The van der Waals surface area contributed by atoms with Gasteiger partial charge in [-0.05, 0) is 49.9 Å². The van der Waals surface area contributed by atoms with Crippen molar-refractivity contribution in [3.63, 3.8) is 0 Å². The van der Waals surface area contributed by atoms with E-state index in [0.717, 1.165) is 38.5 Å². The standard InChI is InChI=1S/C32H38N2O5S2/c1-5-9-14-21(7-3)30(36)38-25-18-19-26(39-31(37)22(8-4)15-10-6-2)28-27(25)40-32(41-28)24(20-33)29(35)34-23-16-12-11-13-17-23/h11-13,16-19,21-22H,5-10,14-15H2,1-4H3,(H,34,35). The van der Waals surface area contributed by atoms with E-state index in [1.54, 1.807) is 36.4 Å². The molecule has 9 heteroatoms. The van der Waals surface area contributed by atoms with E-state index in [9.17, 15) is 19.6 Å². The van der Waals surface area contributed by atoms with Gasteiger partial charge in [-0.3, -0.25) is 14.4 Å². The van der Waals surface area contributed by atoms with Crippen molar-refractivity contribution in [2.24, 2.45) is 11.8 Å². The zero-order valence-corrected chi connectivity index (χ0v) is 25.8. The Morgan fingerprint density at radius 1 is 0.805 bits per heavy atom. The number of esters is 2. The third-order valence-electron chi connectivity index (χ3n) is 6.89. The monoisotopic (exact) mass is 594 g/mol. The summed E-state index contributed by atoms with van der Waals surface area (Å²) < 4.78 is 12.2. The van der Waals surface area contributed by atoms with E-state index < -0.39 is 5.91 Å². The first kappa shape index (κ1) is 32.3. The van der Waals surface area contributed by atoms with Crippen LogP contribution >= 0.6 is 23.5 Å². The van der Waals surface area contributed by atoms with Crippen LogP contribution in [0.3, 0.4) is 0 Å². The van der Waals surface area contributed by atoms with Crippen molar-refractivity contribution < 1.29 is 23.9 Å². The largest absolute Gasteiger partial charge is 0.425 e. The zero-order valence-electron chi connectivity index (χ0n) is 24.2.